The quantitative estimate of drug-likeness (QED) is 0.846. The Kier molecular flexibility index (Phi) is 5.93. The molecule has 0 unspecified atom stereocenters. The van der Waals surface area contributed by atoms with Gasteiger partial charge < -0.3 is 5.32 Å². The molecule has 0 atom stereocenters. The summed E-state index contributed by atoms with van der Waals surface area (Å²) in [5.74, 6) is -0.404. The zero-order valence-electron chi connectivity index (χ0n) is 13.4. The number of carbonyl (C=O) groups is 1. The van der Waals surface area contributed by atoms with Crippen LogP contribution in [0.1, 0.15) is 11.4 Å². The summed E-state index contributed by atoms with van der Waals surface area (Å²) < 4.78 is 25.8. The summed E-state index contributed by atoms with van der Waals surface area (Å²) in [6.45, 7) is 1.82. The minimum Gasteiger partial charge on any atom is -0.349 e. The molecule has 1 amide bonds. The van der Waals surface area contributed by atoms with E-state index in [1.54, 1.807) is 6.07 Å². The van der Waals surface area contributed by atoms with Crippen molar-refractivity contribution >= 4 is 27.5 Å². The number of aryl methyl sites for hydroxylation is 1. The second-order valence-electron chi connectivity index (χ2n) is 5.26. The molecular formula is C16H18ClN3O3S. The number of amides is 1. The third-order valence-corrected chi connectivity index (χ3v) is 5.37. The summed E-state index contributed by atoms with van der Waals surface area (Å²) in [6.07, 6.45) is 0. The Labute approximate surface area is 146 Å². The number of aromatic nitrogens is 1. The van der Waals surface area contributed by atoms with E-state index in [0.29, 0.717) is 10.7 Å². The number of hydrogen-bond donors (Lipinski definition) is 1. The van der Waals surface area contributed by atoms with E-state index in [2.05, 4.69) is 10.3 Å². The molecule has 0 fully saturated rings. The van der Waals surface area contributed by atoms with Crippen molar-refractivity contribution in [2.45, 2.75) is 18.4 Å². The number of nitrogens with zero attached hydrogens (tertiary/aromatic N) is 2. The molecule has 0 aliphatic heterocycles. The first-order chi connectivity index (χ1) is 11.3. The van der Waals surface area contributed by atoms with E-state index in [-0.39, 0.29) is 18.0 Å². The van der Waals surface area contributed by atoms with Gasteiger partial charge in [-0.25, -0.2) is 8.42 Å². The summed E-state index contributed by atoms with van der Waals surface area (Å²) in [5, 5.41) is 3.11. The molecule has 0 spiro atoms. The van der Waals surface area contributed by atoms with Crippen LogP contribution in [0.2, 0.25) is 5.02 Å². The van der Waals surface area contributed by atoms with Gasteiger partial charge in [-0.05, 0) is 43.3 Å². The van der Waals surface area contributed by atoms with Crippen molar-refractivity contribution in [2.75, 3.05) is 13.6 Å². The van der Waals surface area contributed by atoms with Crippen LogP contribution in [0, 0.1) is 6.92 Å². The molecule has 0 bridgehead atoms. The van der Waals surface area contributed by atoms with E-state index in [0.717, 1.165) is 10.00 Å². The fourth-order valence-electron chi connectivity index (χ4n) is 2.02. The monoisotopic (exact) mass is 367 g/mol. The van der Waals surface area contributed by atoms with Crippen LogP contribution in [-0.4, -0.2) is 37.2 Å². The van der Waals surface area contributed by atoms with E-state index in [4.69, 9.17) is 11.6 Å². The van der Waals surface area contributed by atoms with Crippen molar-refractivity contribution in [3.05, 3.63) is 58.9 Å². The maximum absolute atomic E-state index is 12.4. The average molecular weight is 368 g/mol. The summed E-state index contributed by atoms with van der Waals surface area (Å²) in [7, 11) is -2.39. The lowest BCUT2D eigenvalue weighted by atomic mass is 10.3. The predicted octanol–water partition coefficient (Wildman–Crippen LogP) is 1.98. The lowest BCUT2D eigenvalue weighted by molar-refractivity contribution is -0.121. The number of pyridine rings is 1. The minimum atomic E-state index is -3.74. The molecule has 0 aliphatic rings. The van der Waals surface area contributed by atoms with Crippen molar-refractivity contribution < 1.29 is 13.2 Å². The lowest BCUT2D eigenvalue weighted by Crippen LogP contribution is -2.38. The van der Waals surface area contributed by atoms with Gasteiger partial charge in [-0.3, -0.25) is 9.78 Å². The van der Waals surface area contributed by atoms with E-state index in [9.17, 15) is 13.2 Å². The van der Waals surface area contributed by atoms with Crippen LogP contribution in [0.15, 0.2) is 47.4 Å². The Bertz CT molecular complexity index is 823. The molecular weight excluding hydrogens is 350 g/mol. The van der Waals surface area contributed by atoms with Crippen molar-refractivity contribution in [2.24, 2.45) is 0 Å². The molecule has 2 aromatic rings. The number of likely N-dealkylation sites (N-methyl/N-ethyl adjacent to an activating group) is 1. The average Bonchev–Trinajstić information content (AvgIpc) is 2.53. The van der Waals surface area contributed by atoms with Gasteiger partial charge in [0.05, 0.1) is 23.7 Å². The molecule has 24 heavy (non-hydrogen) atoms. The first-order valence-electron chi connectivity index (χ1n) is 7.20. The fourth-order valence-corrected chi connectivity index (χ4v) is 3.27. The molecule has 0 saturated carbocycles. The van der Waals surface area contributed by atoms with Gasteiger partial charge in [-0.2, -0.15) is 4.31 Å². The van der Waals surface area contributed by atoms with Gasteiger partial charge in [0, 0.05) is 17.8 Å². The zero-order chi connectivity index (χ0) is 17.7. The van der Waals surface area contributed by atoms with Crippen LogP contribution in [0.3, 0.4) is 0 Å². The number of sulfonamides is 1. The summed E-state index contributed by atoms with van der Waals surface area (Å²) in [6, 6.07) is 11.3. The van der Waals surface area contributed by atoms with Gasteiger partial charge in [-0.15, -0.1) is 0 Å². The molecule has 6 nitrogen and oxygen atoms in total. The van der Waals surface area contributed by atoms with Crippen LogP contribution in [-0.2, 0) is 21.4 Å². The number of carbonyl (C=O) groups excluding carboxylic acids is 1. The Morgan fingerprint density at radius 2 is 1.88 bits per heavy atom. The normalized spacial score (nSPS) is 11.5. The van der Waals surface area contributed by atoms with E-state index in [1.807, 2.05) is 19.1 Å². The predicted molar refractivity (Wildman–Crippen MR) is 92.1 cm³/mol. The Hall–Kier alpha value is -1.96. The first-order valence-corrected chi connectivity index (χ1v) is 9.02. The van der Waals surface area contributed by atoms with Crippen LogP contribution in [0.4, 0.5) is 0 Å². The third-order valence-electron chi connectivity index (χ3n) is 3.30. The van der Waals surface area contributed by atoms with Crippen molar-refractivity contribution in [1.29, 1.82) is 0 Å². The van der Waals surface area contributed by atoms with E-state index >= 15 is 0 Å². The van der Waals surface area contributed by atoms with Crippen molar-refractivity contribution in [1.82, 2.24) is 14.6 Å². The SMILES string of the molecule is Cc1cccc(CNC(=O)CN(C)S(=O)(=O)c2ccc(Cl)cc2)n1. The van der Waals surface area contributed by atoms with E-state index in [1.165, 1.54) is 31.3 Å². The second-order valence-corrected chi connectivity index (χ2v) is 7.74. The summed E-state index contributed by atoms with van der Waals surface area (Å²) in [5.41, 5.74) is 1.57. The number of nitrogens with one attached hydrogen (secondary N) is 1. The molecule has 128 valence electrons. The second kappa shape index (κ2) is 7.74. The van der Waals surface area contributed by atoms with Gasteiger partial charge in [-0.1, -0.05) is 17.7 Å². The molecule has 1 heterocycles. The number of rotatable bonds is 6. The highest BCUT2D eigenvalue weighted by Crippen LogP contribution is 2.17. The molecule has 2 rings (SSSR count). The van der Waals surface area contributed by atoms with Gasteiger partial charge in [0.2, 0.25) is 15.9 Å². The first kappa shape index (κ1) is 18.4. The molecule has 0 radical (unpaired) electrons. The molecule has 1 aromatic carbocycles. The van der Waals surface area contributed by atoms with Gasteiger partial charge in [0.25, 0.3) is 0 Å². The van der Waals surface area contributed by atoms with Crippen molar-refractivity contribution in [3.8, 4) is 0 Å². The molecule has 1 N–H and O–H groups in total. The Morgan fingerprint density at radius 1 is 1.21 bits per heavy atom. The number of halogens is 1. The third kappa shape index (κ3) is 4.77. The lowest BCUT2D eigenvalue weighted by Gasteiger charge is -2.17. The Balaban J connectivity index is 1.96. The molecule has 0 saturated heterocycles. The highest BCUT2D eigenvalue weighted by atomic mass is 35.5. The van der Waals surface area contributed by atoms with E-state index < -0.39 is 15.9 Å². The minimum absolute atomic E-state index is 0.0857. The smallest absolute Gasteiger partial charge is 0.243 e. The molecule has 8 heteroatoms. The number of benzene rings is 1. The fraction of sp³-hybridized carbons (Fsp3) is 0.250. The zero-order valence-corrected chi connectivity index (χ0v) is 14.9. The highest BCUT2D eigenvalue weighted by molar-refractivity contribution is 7.89. The van der Waals surface area contributed by atoms with Crippen LogP contribution in [0.5, 0.6) is 0 Å². The van der Waals surface area contributed by atoms with Crippen LogP contribution in [0.25, 0.3) is 0 Å². The van der Waals surface area contributed by atoms with Crippen LogP contribution >= 0.6 is 11.6 Å². The standard InChI is InChI=1S/C16H18ClN3O3S/c1-12-4-3-5-14(19-12)10-18-16(21)11-20(2)24(22,23)15-8-6-13(17)7-9-15/h3-9H,10-11H2,1-2H3,(H,18,21). The Morgan fingerprint density at radius 3 is 2.50 bits per heavy atom. The van der Waals surface area contributed by atoms with Gasteiger partial charge in [0.15, 0.2) is 0 Å². The maximum Gasteiger partial charge on any atom is 0.243 e. The molecule has 0 aliphatic carbocycles. The largest absolute Gasteiger partial charge is 0.349 e. The van der Waals surface area contributed by atoms with Gasteiger partial charge >= 0.3 is 0 Å². The summed E-state index contributed by atoms with van der Waals surface area (Å²) >= 11 is 5.76. The van der Waals surface area contributed by atoms with Gasteiger partial charge in [0.1, 0.15) is 0 Å². The number of hydrogen-bond acceptors (Lipinski definition) is 4. The topological polar surface area (TPSA) is 79.4 Å². The molecule has 1 aromatic heterocycles. The highest BCUT2D eigenvalue weighted by Gasteiger charge is 2.22. The summed E-state index contributed by atoms with van der Waals surface area (Å²) in [4.78, 5) is 16.3. The maximum atomic E-state index is 12.4. The van der Waals surface area contributed by atoms with Crippen LogP contribution < -0.4 is 5.32 Å². The van der Waals surface area contributed by atoms with Crippen molar-refractivity contribution in [3.63, 3.8) is 0 Å².